The van der Waals surface area contributed by atoms with Crippen molar-refractivity contribution in [3.8, 4) is 22.3 Å². The summed E-state index contributed by atoms with van der Waals surface area (Å²) in [6.45, 7) is 0. The van der Waals surface area contributed by atoms with Gasteiger partial charge < -0.3 is 0 Å². The van der Waals surface area contributed by atoms with Crippen molar-refractivity contribution in [2.24, 2.45) is 11.7 Å². The van der Waals surface area contributed by atoms with Crippen LogP contribution < -0.4 is 22.5 Å². The lowest BCUT2D eigenvalue weighted by Gasteiger charge is -2.10. The highest BCUT2D eigenvalue weighted by Gasteiger charge is 2.12. The molecule has 2 aromatic heterocycles. The predicted molar refractivity (Wildman–Crippen MR) is 114 cm³/mol. The van der Waals surface area contributed by atoms with E-state index in [1.165, 1.54) is 0 Å². The highest BCUT2D eigenvalue weighted by Crippen LogP contribution is 2.32. The molecule has 0 radical (unpaired) electrons. The Morgan fingerprint density at radius 1 is 0.600 bits per heavy atom. The van der Waals surface area contributed by atoms with Gasteiger partial charge in [0, 0.05) is 34.6 Å². The number of nitrogens with zero attached hydrogens (tertiary/aromatic N) is 2. The normalized spacial score (nSPS) is 10.6. The Labute approximate surface area is 171 Å². The standard InChI is InChI=1S/C22H18N6O2/c23-27-21(29)15-5-1-13(2-6-15)17-9-11-26-20-18(10-12-25-19(17)20)14-3-7-16(8-4-14)22(30)28-24/h1-12H,23-24H2,(H,27,29)(H,28,30). The fourth-order valence-electron chi connectivity index (χ4n) is 3.28. The molecule has 0 bridgehead atoms. The maximum atomic E-state index is 11.7. The largest absolute Gasteiger partial charge is 0.290 e. The molecule has 2 heterocycles. The predicted octanol–water partition coefficient (Wildman–Crippen LogP) is 2.17. The quantitative estimate of drug-likeness (QED) is 0.236. The smallest absolute Gasteiger partial charge is 0.265 e. The minimum atomic E-state index is -0.353. The lowest BCUT2D eigenvalue weighted by Crippen LogP contribution is -2.29. The molecule has 0 aliphatic carbocycles. The van der Waals surface area contributed by atoms with Gasteiger partial charge in [0.25, 0.3) is 11.8 Å². The topological polar surface area (TPSA) is 136 Å². The zero-order valence-corrected chi connectivity index (χ0v) is 15.8. The number of hydrogen-bond acceptors (Lipinski definition) is 6. The highest BCUT2D eigenvalue weighted by atomic mass is 16.2. The lowest BCUT2D eigenvalue weighted by molar-refractivity contribution is 0.0945. The molecular weight excluding hydrogens is 380 g/mol. The fraction of sp³-hybridized carbons (Fsp3) is 0. The van der Waals surface area contributed by atoms with Crippen LogP contribution in [0.15, 0.2) is 73.1 Å². The zero-order chi connectivity index (χ0) is 21.1. The number of aromatic nitrogens is 2. The van der Waals surface area contributed by atoms with Gasteiger partial charge in [0.2, 0.25) is 0 Å². The first-order valence-corrected chi connectivity index (χ1v) is 9.09. The number of nitrogens with two attached hydrogens (primary N) is 2. The van der Waals surface area contributed by atoms with Crippen molar-refractivity contribution in [3.05, 3.63) is 84.2 Å². The number of hydrazine groups is 2. The van der Waals surface area contributed by atoms with Crippen molar-refractivity contribution in [2.45, 2.75) is 0 Å². The third kappa shape index (κ3) is 3.48. The van der Waals surface area contributed by atoms with Crippen molar-refractivity contribution in [2.75, 3.05) is 0 Å². The third-order valence-electron chi connectivity index (χ3n) is 4.80. The molecule has 30 heavy (non-hydrogen) atoms. The summed E-state index contributed by atoms with van der Waals surface area (Å²) in [6, 6.07) is 17.9. The molecule has 0 aliphatic rings. The summed E-state index contributed by atoms with van der Waals surface area (Å²) in [5, 5.41) is 0. The molecule has 8 heteroatoms. The molecule has 0 aliphatic heterocycles. The number of pyridine rings is 2. The number of amides is 2. The van der Waals surface area contributed by atoms with Gasteiger partial charge in [-0.1, -0.05) is 24.3 Å². The molecule has 8 nitrogen and oxygen atoms in total. The van der Waals surface area contributed by atoms with Crippen molar-refractivity contribution in [1.82, 2.24) is 20.8 Å². The number of carbonyl (C=O) groups is 2. The van der Waals surface area contributed by atoms with Crippen molar-refractivity contribution < 1.29 is 9.59 Å². The molecule has 2 aromatic carbocycles. The molecule has 4 aromatic rings. The monoisotopic (exact) mass is 398 g/mol. The van der Waals surface area contributed by atoms with Gasteiger partial charge in [0.05, 0.1) is 11.0 Å². The second-order valence-corrected chi connectivity index (χ2v) is 6.52. The van der Waals surface area contributed by atoms with E-state index in [0.717, 1.165) is 33.3 Å². The number of rotatable bonds is 4. The molecule has 6 N–H and O–H groups in total. The van der Waals surface area contributed by atoms with E-state index in [4.69, 9.17) is 11.7 Å². The van der Waals surface area contributed by atoms with E-state index in [2.05, 4.69) is 20.8 Å². The van der Waals surface area contributed by atoms with Crippen LogP contribution in [0, 0.1) is 0 Å². The number of benzene rings is 2. The van der Waals surface area contributed by atoms with E-state index in [0.29, 0.717) is 11.1 Å². The summed E-state index contributed by atoms with van der Waals surface area (Å²) in [5.74, 6) is 9.67. The molecule has 2 amide bonds. The number of nitrogens with one attached hydrogen (secondary N) is 2. The summed E-state index contributed by atoms with van der Waals surface area (Å²) in [4.78, 5) is 32.4. The van der Waals surface area contributed by atoms with Gasteiger partial charge in [0.15, 0.2) is 0 Å². The summed E-state index contributed by atoms with van der Waals surface area (Å²) in [5.41, 5.74) is 10.2. The van der Waals surface area contributed by atoms with E-state index >= 15 is 0 Å². The van der Waals surface area contributed by atoms with Gasteiger partial charge in [-0.25, -0.2) is 11.7 Å². The third-order valence-corrected chi connectivity index (χ3v) is 4.80. The Bertz CT molecular complexity index is 1140. The van der Waals surface area contributed by atoms with Crippen LogP contribution in [-0.4, -0.2) is 21.8 Å². The van der Waals surface area contributed by atoms with Gasteiger partial charge in [-0.2, -0.15) is 0 Å². The summed E-state index contributed by atoms with van der Waals surface area (Å²) < 4.78 is 0. The Kier molecular flexibility index (Phi) is 5.17. The molecule has 0 saturated carbocycles. The molecule has 0 spiro atoms. The average molecular weight is 398 g/mol. The fourth-order valence-corrected chi connectivity index (χ4v) is 3.28. The minimum absolute atomic E-state index is 0.353. The number of carbonyl (C=O) groups excluding carboxylic acids is 2. The first kappa shape index (κ1) is 19.2. The van der Waals surface area contributed by atoms with E-state index in [1.54, 1.807) is 36.7 Å². The molecule has 0 saturated heterocycles. The van der Waals surface area contributed by atoms with Crippen LogP contribution in [0.3, 0.4) is 0 Å². The Balaban J connectivity index is 1.78. The molecule has 0 unspecified atom stereocenters. The molecule has 148 valence electrons. The molecule has 0 fully saturated rings. The van der Waals surface area contributed by atoms with Crippen LogP contribution in [-0.2, 0) is 0 Å². The van der Waals surface area contributed by atoms with Crippen LogP contribution in [0.1, 0.15) is 20.7 Å². The van der Waals surface area contributed by atoms with Crippen LogP contribution in [0.5, 0.6) is 0 Å². The number of fused-ring (bicyclic) bond motifs is 1. The second kappa shape index (κ2) is 8.08. The Morgan fingerprint density at radius 3 is 1.30 bits per heavy atom. The Morgan fingerprint density at radius 2 is 0.967 bits per heavy atom. The van der Waals surface area contributed by atoms with E-state index in [-0.39, 0.29) is 11.8 Å². The molecule has 4 rings (SSSR count). The van der Waals surface area contributed by atoms with E-state index < -0.39 is 0 Å². The maximum absolute atomic E-state index is 11.7. The number of hydrogen-bond donors (Lipinski definition) is 4. The summed E-state index contributed by atoms with van der Waals surface area (Å²) >= 11 is 0. The van der Waals surface area contributed by atoms with E-state index in [9.17, 15) is 9.59 Å². The van der Waals surface area contributed by atoms with Crippen molar-refractivity contribution in [1.29, 1.82) is 0 Å². The first-order valence-electron chi connectivity index (χ1n) is 9.09. The van der Waals surface area contributed by atoms with Crippen LogP contribution in [0.2, 0.25) is 0 Å². The summed E-state index contributed by atoms with van der Waals surface area (Å²) in [6.07, 6.45) is 3.44. The van der Waals surface area contributed by atoms with Gasteiger partial charge in [-0.3, -0.25) is 30.4 Å². The van der Waals surface area contributed by atoms with Crippen molar-refractivity contribution in [3.63, 3.8) is 0 Å². The van der Waals surface area contributed by atoms with Gasteiger partial charge in [0.1, 0.15) is 0 Å². The van der Waals surface area contributed by atoms with Gasteiger partial charge in [-0.05, 0) is 47.5 Å². The van der Waals surface area contributed by atoms with Crippen LogP contribution in [0.25, 0.3) is 33.3 Å². The minimum Gasteiger partial charge on any atom is -0.290 e. The highest BCUT2D eigenvalue weighted by molar-refractivity contribution is 6.00. The number of nitrogen functional groups attached to an aromatic ring is 2. The van der Waals surface area contributed by atoms with Crippen LogP contribution >= 0.6 is 0 Å². The second-order valence-electron chi connectivity index (χ2n) is 6.52. The van der Waals surface area contributed by atoms with Gasteiger partial charge in [-0.15, -0.1) is 0 Å². The SMILES string of the molecule is NNC(=O)c1ccc(-c2ccnc3c(-c4ccc(C(=O)NN)cc4)ccnc23)cc1. The first-order chi connectivity index (χ1) is 14.6. The lowest BCUT2D eigenvalue weighted by atomic mass is 9.99. The molecule has 0 atom stereocenters. The summed E-state index contributed by atoms with van der Waals surface area (Å²) in [7, 11) is 0. The van der Waals surface area contributed by atoms with Crippen molar-refractivity contribution >= 4 is 22.8 Å². The van der Waals surface area contributed by atoms with Crippen LogP contribution in [0.4, 0.5) is 0 Å². The Hall–Kier alpha value is -4.14. The zero-order valence-electron chi connectivity index (χ0n) is 15.8. The maximum Gasteiger partial charge on any atom is 0.265 e. The average Bonchev–Trinajstić information content (AvgIpc) is 2.82. The molecular formula is C22H18N6O2. The van der Waals surface area contributed by atoms with Gasteiger partial charge >= 0.3 is 0 Å². The van der Waals surface area contributed by atoms with E-state index in [1.807, 2.05) is 36.4 Å².